The molecular formula is C17H28N2. The SMILES string of the molecule is CCN(Cc1ccccc1CNC(C)C)CC1CC1. The van der Waals surface area contributed by atoms with Crippen molar-refractivity contribution >= 4 is 0 Å². The summed E-state index contributed by atoms with van der Waals surface area (Å²) in [5.41, 5.74) is 2.93. The lowest BCUT2D eigenvalue weighted by atomic mass is 10.1. The number of nitrogens with one attached hydrogen (secondary N) is 1. The summed E-state index contributed by atoms with van der Waals surface area (Å²) in [6.07, 6.45) is 2.88. The van der Waals surface area contributed by atoms with Crippen LogP contribution >= 0.6 is 0 Å². The van der Waals surface area contributed by atoms with Gasteiger partial charge in [-0.2, -0.15) is 0 Å². The van der Waals surface area contributed by atoms with E-state index in [-0.39, 0.29) is 0 Å². The van der Waals surface area contributed by atoms with Crippen LogP contribution in [0.5, 0.6) is 0 Å². The summed E-state index contributed by atoms with van der Waals surface area (Å²) < 4.78 is 0. The van der Waals surface area contributed by atoms with Gasteiger partial charge in [-0.3, -0.25) is 4.90 Å². The van der Waals surface area contributed by atoms with Crippen LogP contribution in [0.3, 0.4) is 0 Å². The second-order valence-corrected chi connectivity index (χ2v) is 6.08. The molecule has 0 radical (unpaired) electrons. The Morgan fingerprint density at radius 2 is 1.89 bits per heavy atom. The van der Waals surface area contributed by atoms with Crippen LogP contribution in [0.25, 0.3) is 0 Å². The smallest absolute Gasteiger partial charge is 0.0236 e. The zero-order valence-electron chi connectivity index (χ0n) is 12.7. The normalized spacial score (nSPS) is 15.4. The Morgan fingerprint density at radius 1 is 1.21 bits per heavy atom. The molecule has 0 saturated heterocycles. The molecule has 2 nitrogen and oxygen atoms in total. The number of rotatable bonds is 8. The standard InChI is InChI=1S/C17H28N2/c1-4-19(12-15-9-10-15)13-17-8-6-5-7-16(17)11-18-14(2)3/h5-8,14-15,18H,4,9-13H2,1-3H3. The highest BCUT2D eigenvalue weighted by Crippen LogP contribution is 2.30. The molecule has 106 valence electrons. The van der Waals surface area contributed by atoms with Gasteiger partial charge in [-0.1, -0.05) is 45.0 Å². The topological polar surface area (TPSA) is 15.3 Å². The first-order valence-electron chi connectivity index (χ1n) is 7.71. The molecule has 2 heteroatoms. The van der Waals surface area contributed by atoms with Crippen LogP contribution in [0.2, 0.25) is 0 Å². The lowest BCUT2D eigenvalue weighted by Crippen LogP contribution is -2.27. The van der Waals surface area contributed by atoms with E-state index in [1.807, 2.05) is 0 Å². The average molecular weight is 260 g/mol. The van der Waals surface area contributed by atoms with Gasteiger partial charge in [0.2, 0.25) is 0 Å². The molecule has 1 N–H and O–H groups in total. The van der Waals surface area contributed by atoms with Gasteiger partial charge in [-0.25, -0.2) is 0 Å². The molecule has 19 heavy (non-hydrogen) atoms. The van der Waals surface area contributed by atoms with E-state index in [9.17, 15) is 0 Å². The molecule has 1 fully saturated rings. The molecule has 0 atom stereocenters. The van der Waals surface area contributed by atoms with E-state index < -0.39 is 0 Å². The molecule has 0 amide bonds. The molecule has 1 aromatic rings. The Hall–Kier alpha value is -0.860. The Kier molecular flexibility index (Phi) is 5.41. The van der Waals surface area contributed by atoms with E-state index in [0.29, 0.717) is 6.04 Å². The fourth-order valence-electron chi connectivity index (χ4n) is 2.41. The molecule has 1 aromatic carbocycles. The van der Waals surface area contributed by atoms with Gasteiger partial charge in [0.25, 0.3) is 0 Å². The lowest BCUT2D eigenvalue weighted by molar-refractivity contribution is 0.267. The summed E-state index contributed by atoms with van der Waals surface area (Å²) in [6, 6.07) is 9.40. The molecule has 1 aliphatic rings. The monoisotopic (exact) mass is 260 g/mol. The van der Waals surface area contributed by atoms with E-state index in [2.05, 4.69) is 55.3 Å². The highest BCUT2D eigenvalue weighted by atomic mass is 15.1. The molecule has 0 unspecified atom stereocenters. The van der Waals surface area contributed by atoms with E-state index >= 15 is 0 Å². The zero-order chi connectivity index (χ0) is 13.7. The van der Waals surface area contributed by atoms with Gasteiger partial charge in [-0.05, 0) is 36.4 Å². The Labute approximate surface area is 118 Å². The summed E-state index contributed by atoms with van der Waals surface area (Å²) in [5, 5.41) is 3.53. The maximum atomic E-state index is 3.53. The van der Waals surface area contributed by atoms with Crippen molar-refractivity contribution in [3.8, 4) is 0 Å². The zero-order valence-corrected chi connectivity index (χ0v) is 12.7. The third kappa shape index (κ3) is 4.96. The van der Waals surface area contributed by atoms with Crippen LogP contribution in [-0.2, 0) is 13.1 Å². The molecule has 1 saturated carbocycles. The van der Waals surface area contributed by atoms with Crippen LogP contribution in [0, 0.1) is 5.92 Å². The van der Waals surface area contributed by atoms with Gasteiger partial charge in [-0.15, -0.1) is 0 Å². The van der Waals surface area contributed by atoms with Crippen molar-refractivity contribution in [2.75, 3.05) is 13.1 Å². The summed E-state index contributed by atoms with van der Waals surface area (Å²) in [6.45, 7) is 11.2. The third-order valence-corrected chi connectivity index (χ3v) is 3.87. The van der Waals surface area contributed by atoms with Crippen molar-refractivity contribution in [1.29, 1.82) is 0 Å². The van der Waals surface area contributed by atoms with E-state index in [1.165, 1.54) is 30.5 Å². The quantitative estimate of drug-likeness (QED) is 0.770. The van der Waals surface area contributed by atoms with E-state index in [0.717, 1.165) is 25.6 Å². The third-order valence-electron chi connectivity index (χ3n) is 3.87. The van der Waals surface area contributed by atoms with E-state index in [4.69, 9.17) is 0 Å². The first kappa shape index (κ1) is 14.5. The van der Waals surface area contributed by atoms with Crippen LogP contribution in [-0.4, -0.2) is 24.0 Å². The molecule has 1 aliphatic carbocycles. The highest BCUT2D eigenvalue weighted by molar-refractivity contribution is 5.27. The first-order valence-corrected chi connectivity index (χ1v) is 7.71. The minimum absolute atomic E-state index is 0.543. The minimum atomic E-state index is 0.543. The van der Waals surface area contributed by atoms with Crippen molar-refractivity contribution in [2.24, 2.45) is 5.92 Å². The molecule has 0 heterocycles. The van der Waals surface area contributed by atoms with Gasteiger partial charge in [0.1, 0.15) is 0 Å². The van der Waals surface area contributed by atoms with Crippen molar-refractivity contribution < 1.29 is 0 Å². The fraction of sp³-hybridized carbons (Fsp3) is 0.647. The molecule has 0 bridgehead atoms. The summed E-state index contributed by atoms with van der Waals surface area (Å²) in [7, 11) is 0. The van der Waals surface area contributed by atoms with Crippen molar-refractivity contribution in [3.05, 3.63) is 35.4 Å². The van der Waals surface area contributed by atoms with Gasteiger partial charge in [0, 0.05) is 25.7 Å². The Morgan fingerprint density at radius 3 is 2.47 bits per heavy atom. The number of hydrogen-bond donors (Lipinski definition) is 1. The number of benzene rings is 1. The van der Waals surface area contributed by atoms with Crippen molar-refractivity contribution in [3.63, 3.8) is 0 Å². The molecule has 0 spiro atoms. The van der Waals surface area contributed by atoms with Crippen LogP contribution in [0.1, 0.15) is 44.7 Å². The maximum absolute atomic E-state index is 3.53. The van der Waals surface area contributed by atoms with Crippen LogP contribution in [0.15, 0.2) is 24.3 Å². The second-order valence-electron chi connectivity index (χ2n) is 6.08. The molecule has 0 aliphatic heterocycles. The molecule has 0 aromatic heterocycles. The van der Waals surface area contributed by atoms with Gasteiger partial charge in [0.05, 0.1) is 0 Å². The Balaban J connectivity index is 1.96. The lowest BCUT2D eigenvalue weighted by Gasteiger charge is -2.22. The second kappa shape index (κ2) is 7.06. The van der Waals surface area contributed by atoms with E-state index in [1.54, 1.807) is 0 Å². The summed E-state index contributed by atoms with van der Waals surface area (Å²) in [4.78, 5) is 2.59. The maximum Gasteiger partial charge on any atom is 0.0236 e. The fourth-order valence-corrected chi connectivity index (χ4v) is 2.41. The predicted octanol–water partition coefficient (Wildman–Crippen LogP) is 3.42. The van der Waals surface area contributed by atoms with Crippen molar-refractivity contribution in [1.82, 2.24) is 10.2 Å². The van der Waals surface area contributed by atoms with Crippen LogP contribution in [0.4, 0.5) is 0 Å². The molecule has 2 rings (SSSR count). The minimum Gasteiger partial charge on any atom is -0.310 e. The highest BCUT2D eigenvalue weighted by Gasteiger charge is 2.23. The summed E-state index contributed by atoms with van der Waals surface area (Å²) in [5.74, 6) is 0.973. The number of nitrogens with zero attached hydrogens (tertiary/aromatic N) is 1. The first-order chi connectivity index (χ1) is 9.19. The van der Waals surface area contributed by atoms with Gasteiger partial charge < -0.3 is 5.32 Å². The van der Waals surface area contributed by atoms with Gasteiger partial charge in [0.15, 0.2) is 0 Å². The molecular weight excluding hydrogens is 232 g/mol. The van der Waals surface area contributed by atoms with Crippen molar-refractivity contribution in [2.45, 2.75) is 52.7 Å². The Bertz CT molecular complexity index is 383. The average Bonchev–Trinajstić information content (AvgIpc) is 3.20. The predicted molar refractivity (Wildman–Crippen MR) is 82.1 cm³/mol. The largest absolute Gasteiger partial charge is 0.310 e. The summed E-state index contributed by atoms with van der Waals surface area (Å²) >= 11 is 0. The van der Waals surface area contributed by atoms with Gasteiger partial charge >= 0.3 is 0 Å². The van der Waals surface area contributed by atoms with Crippen LogP contribution < -0.4 is 5.32 Å². The number of hydrogen-bond acceptors (Lipinski definition) is 2.